The maximum absolute atomic E-state index is 11.9. The molecule has 0 aliphatic rings. The van der Waals surface area contributed by atoms with Gasteiger partial charge >= 0.3 is 5.97 Å². The third kappa shape index (κ3) is 7.55. The number of esters is 1. The highest BCUT2D eigenvalue weighted by Crippen LogP contribution is 2.12. The van der Waals surface area contributed by atoms with Gasteiger partial charge in [-0.05, 0) is 44.5 Å². The van der Waals surface area contributed by atoms with Gasteiger partial charge in [0, 0.05) is 18.7 Å². The number of nitrogens with zero attached hydrogens (tertiary/aromatic N) is 2. The van der Waals surface area contributed by atoms with E-state index in [1.54, 1.807) is 0 Å². The Bertz CT molecular complexity index is 494. The maximum Gasteiger partial charge on any atom is 0.338 e. The van der Waals surface area contributed by atoms with Gasteiger partial charge in [0.1, 0.15) is 0 Å². The van der Waals surface area contributed by atoms with Crippen LogP contribution in [0.15, 0.2) is 24.3 Å². The van der Waals surface area contributed by atoms with Crippen molar-refractivity contribution >= 4 is 11.7 Å². The van der Waals surface area contributed by atoms with Gasteiger partial charge in [-0.1, -0.05) is 26.7 Å². The molecule has 0 saturated carbocycles. The van der Waals surface area contributed by atoms with E-state index in [2.05, 4.69) is 18.7 Å². The summed E-state index contributed by atoms with van der Waals surface area (Å²) < 4.78 is 5.25. The maximum atomic E-state index is 11.9. The second-order valence-electron chi connectivity index (χ2n) is 5.84. The smallest absolute Gasteiger partial charge is 0.338 e. The van der Waals surface area contributed by atoms with E-state index in [0.717, 1.165) is 26.1 Å². The fourth-order valence-electron chi connectivity index (χ4n) is 2.35. The van der Waals surface area contributed by atoms with E-state index < -0.39 is 10.9 Å². The van der Waals surface area contributed by atoms with Gasteiger partial charge in [-0.25, -0.2) is 4.79 Å². The van der Waals surface area contributed by atoms with Crippen LogP contribution in [0.4, 0.5) is 5.69 Å². The molecule has 0 aliphatic heterocycles. The molecule has 1 aromatic carbocycles. The zero-order valence-corrected chi connectivity index (χ0v) is 14.7. The number of carbonyl (C=O) groups excluding carboxylic acids is 1. The Morgan fingerprint density at radius 3 is 2.08 bits per heavy atom. The van der Waals surface area contributed by atoms with E-state index in [4.69, 9.17) is 4.74 Å². The normalized spacial score (nSPS) is 10.8. The van der Waals surface area contributed by atoms with Crippen LogP contribution >= 0.6 is 0 Å². The monoisotopic (exact) mass is 336 g/mol. The van der Waals surface area contributed by atoms with E-state index in [1.165, 1.54) is 49.9 Å². The van der Waals surface area contributed by atoms with Crippen molar-refractivity contribution in [2.45, 2.75) is 46.0 Å². The van der Waals surface area contributed by atoms with Crippen molar-refractivity contribution in [2.75, 3.05) is 26.2 Å². The van der Waals surface area contributed by atoms with Crippen LogP contribution in [0.3, 0.4) is 0 Å². The number of rotatable bonds is 12. The number of carbonyl (C=O) groups is 1. The van der Waals surface area contributed by atoms with Gasteiger partial charge in [-0.15, -0.1) is 0 Å². The molecule has 0 amide bonds. The SMILES string of the molecule is CCCCN(CCCC)CCCOC(=O)c1ccc([N+](=O)[O-])cc1. The number of benzene rings is 1. The molecule has 134 valence electrons. The van der Waals surface area contributed by atoms with Crippen LogP contribution in [-0.4, -0.2) is 42.0 Å². The van der Waals surface area contributed by atoms with Crippen molar-refractivity contribution in [3.63, 3.8) is 0 Å². The molecule has 0 N–H and O–H groups in total. The second-order valence-corrected chi connectivity index (χ2v) is 5.84. The molecule has 0 radical (unpaired) electrons. The Morgan fingerprint density at radius 1 is 1.04 bits per heavy atom. The van der Waals surface area contributed by atoms with Crippen molar-refractivity contribution in [1.82, 2.24) is 4.90 Å². The Morgan fingerprint density at radius 2 is 1.58 bits per heavy atom. The molecule has 0 spiro atoms. The minimum absolute atomic E-state index is 0.0333. The first-order chi connectivity index (χ1) is 11.6. The lowest BCUT2D eigenvalue weighted by Crippen LogP contribution is -2.28. The van der Waals surface area contributed by atoms with Gasteiger partial charge in [-0.3, -0.25) is 10.1 Å². The first-order valence-electron chi connectivity index (χ1n) is 8.72. The highest BCUT2D eigenvalue weighted by atomic mass is 16.6. The summed E-state index contributed by atoms with van der Waals surface area (Å²) in [5, 5.41) is 10.6. The summed E-state index contributed by atoms with van der Waals surface area (Å²) in [5.74, 6) is -0.432. The van der Waals surface area contributed by atoms with E-state index in [1.807, 2.05) is 0 Å². The lowest BCUT2D eigenvalue weighted by atomic mass is 10.2. The molecule has 1 rings (SSSR count). The van der Waals surface area contributed by atoms with Crippen LogP contribution in [0, 0.1) is 10.1 Å². The fourth-order valence-corrected chi connectivity index (χ4v) is 2.35. The fraction of sp³-hybridized carbons (Fsp3) is 0.611. The van der Waals surface area contributed by atoms with E-state index in [0.29, 0.717) is 12.2 Å². The van der Waals surface area contributed by atoms with Gasteiger partial charge in [-0.2, -0.15) is 0 Å². The highest BCUT2D eigenvalue weighted by Gasteiger charge is 2.11. The summed E-state index contributed by atoms with van der Waals surface area (Å²) in [7, 11) is 0. The van der Waals surface area contributed by atoms with E-state index in [9.17, 15) is 14.9 Å². The van der Waals surface area contributed by atoms with Crippen molar-refractivity contribution < 1.29 is 14.5 Å². The summed E-state index contributed by atoms with van der Waals surface area (Å²) in [4.78, 5) is 24.4. The number of ether oxygens (including phenoxy) is 1. The molecule has 6 nitrogen and oxygen atoms in total. The summed E-state index contributed by atoms with van der Waals surface area (Å²) in [6.45, 7) is 7.84. The molecule has 1 aromatic rings. The number of nitro groups is 1. The molecule has 0 atom stereocenters. The molecule has 0 bridgehead atoms. The van der Waals surface area contributed by atoms with E-state index >= 15 is 0 Å². The van der Waals surface area contributed by atoms with Crippen LogP contribution < -0.4 is 0 Å². The number of hydrogen-bond donors (Lipinski definition) is 0. The van der Waals surface area contributed by atoms with Crippen molar-refractivity contribution in [3.8, 4) is 0 Å². The Labute approximate surface area is 143 Å². The Kier molecular flexibility index (Phi) is 9.68. The van der Waals surface area contributed by atoms with Crippen molar-refractivity contribution in [3.05, 3.63) is 39.9 Å². The minimum atomic E-state index is -0.490. The lowest BCUT2D eigenvalue weighted by Gasteiger charge is -2.21. The predicted octanol–water partition coefficient (Wildman–Crippen LogP) is 4.04. The first-order valence-corrected chi connectivity index (χ1v) is 8.72. The van der Waals surface area contributed by atoms with Crippen molar-refractivity contribution in [1.29, 1.82) is 0 Å². The third-order valence-corrected chi connectivity index (χ3v) is 3.82. The zero-order chi connectivity index (χ0) is 17.8. The largest absolute Gasteiger partial charge is 0.462 e. The average Bonchev–Trinajstić information content (AvgIpc) is 2.60. The number of nitro benzene ring substituents is 1. The number of unbranched alkanes of at least 4 members (excludes halogenated alkanes) is 2. The van der Waals surface area contributed by atoms with Gasteiger partial charge in [0.2, 0.25) is 0 Å². The third-order valence-electron chi connectivity index (χ3n) is 3.82. The van der Waals surface area contributed by atoms with Crippen LogP contribution in [0.2, 0.25) is 0 Å². The van der Waals surface area contributed by atoms with Gasteiger partial charge < -0.3 is 9.64 Å². The van der Waals surface area contributed by atoms with Gasteiger partial charge in [0.05, 0.1) is 17.1 Å². The molecule has 0 aromatic heterocycles. The second kappa shape index (κ2) is 11.6. The van der Waals surface area contributed by atoms with Crippen LogP contribution in [0.5, 0.6) is 0 Å². The standard InChI is InChI=1S/C18H28N2O4/c1-3-5-12-19(13-6-4-2)14-7-15-24-18(21)16-8-10-17(11-9-16)20(22)23/h8-11H,3-7,12-15H2,1-2H3. The number of non-ortho nitro benzene ring substituents is 1. The molecule has 0 unspecified atom stereocenters. The molecule has 24 heavy (non-hydrogen) atoms. The summed E-state index contributed by atoms with van der Waals surface area (Å²) >= 11 is 0. The Balaban J connectivity index is 2.33. The highest BCUT2D eigenvalue weighted by molar-refractivity contribution is 5.89. The predicted molar refractivity (Wildman–Crippen MR) is 94.3 cm³/mol. The topological polar surface area (TPSA) is 72.7 Å². The average molecular weight is 336 g/mol. The van der Waals surface area contributed by atoms with Crippen LogP contribution in [0.1, 0.15) is 56.3 Å². The first kappa shape index (κ1) is 20.1. The lowest BCUT2D eigenvalue weighted by molar-refractivity contribution is -0.384. The molecule has 0 fully saturated rings. The van der Waals surface area contributed by atoms with Crippen LogP contribution in [0.25, 0.3) is 0 Å². The number of hydrogen-bond acceptors (Lipinski definition) is 5. The molecule has 0 heterocycles. The molecular formula is C18H28N2O4. The molecule has 0 saturated heterocycles. The quantitative estimate of drug-likeness (QED) is 0.249. The summed E-state index contributed by atoms with van der Waals surface area (Å²) in [6, 6.07) is 5.48. The molecule has 0 aliphatic carbocycles. The Hall–Kier alpha value is -1.95. The molecular weight excluding hydrogens is 308 g/mol. The van der Waals surface area contributed by atoms with Crippen LogP contribution in [-0.2, 0) is 4.74 Å². The summed E-state index contributed by atoms with van der Waals surface area (Å²) in [6.07, 6.45) is 5.53. The molecule has 6 heteroatoms. The summed E-state index contributed by atoms with van der Waals surface area (Å²) in [5.41, 5.74) is 0.309. The minimum Gasteiger partial charge on any atom is -0.462 e. The van der Waals surface area contributed by atoms with E-state index in [-0.39, 0.29) is 5.69 Å². The van der Waals surface area contributed by atoms with Gasteiger partial charge in [0.15, 0.2) is 0 Å². The zero-order valence-electron chi connectivity index (χ0n) is 14.7. The van der Waals surface area contributed by atoms with Gasteiger partial charge in [0.25, 0.3) is 5.69 Å². The van der Waals surface area contributed by atoms with Crippen molar-refractivity contribution in [2.24, 2.45) is 0 Å².